The van der Waals surface area contributed by atoms with Gasteiger partial charge in [0.15, 0.2) is 0 Å². The van der Waals surface area contributed by atoms with Gasteiger partial charge in [0.2, 0.25) is 0 Å². The molecule has 0 radical (unpaired) electrons. The number of rotatable bonds is 3. The van der Waals surface area contributed by atoms with Crippen molar-refractivity contribution in [3.63, 3.8) is 0 Å². The number of halogens is 2. The molecular formula is C17H18Br2N2O. The van der Waals surface area contributed by atoms with Gasteiger partial charge in [-0.05, 0) is 67.1 Å². The van der Waals surface area contributed by atoms with E-state index in [4.69, 9.17) is 0 Å². The van der Waals surface area contributed by atoms with Gasteiger partial charge in [0, 0.05) is 14.5 Å². The zero-order valence-corrected chi connectivity index (χ0v) is 15.9. The lowest BCUT2D eigenvalue weighted by Crippen LogP contribution is -2.29. The molecule has 0 aliphatic rings. The molecule has 0 atom stereocenters. The summed E-state index contributed by atoms with van der Waals surface area (Å²) in [7, 11) is 0. The first-order valence-corrected chi connectivity index (χ1v) is 8.48. The summed E-state index contributed by atoms with van der Waals surface area (Å²) in [4.78, 5) is 12.2. The second kappa shape index (κ2) is 6.84. The van der Waals surface area contributed by atoms with Crippen LogP contribution in [0.4, 0.5) is 5.69 Å². The molecule has 2 aromatic rings. The van der Waals surface area contributed by atoms with Crippen molar-refractivity contribution in [2.45, 2.75) is 26.2 Å². The third-order valence-corrected chi connectivity index (χ3v) is 4.60. The molecule has 0 spiro atoms. The number of hydrogen-bond donors (Lipinski definition) is 2. The van der Waals surface area contributed by atoms with Crippen molar-refractivity contribution < 1.29 is 4.79 Å². The van der Waals surface area contributed by atoms with Crippen LogP contribution in [0.5, 0.6) is 0 Å². The summed E-state index contributed by atoms with van der Waals surface area (Å²) in [5.41, 5.74) is 8.31. The highest BCUT2D eigenvalue weighted by molar-refractivity contribution is 9.11. The van der Waals surface area contributed by atoms with Crippen LogP contribution < -0.4 is 10.9 Å². The highest BCUT2D eigenvalue weighted by Gasteiger charge is 2.14. The number of para-hydroxylation sites is 1. The fourth-order valence-corrected chi connectivity index (χ4v) is 3.13. The minimum Gasteiger partial charge on any atom is -0.296 e. The summed E-state index contributed by atoms with van der Waals surface area (Å²) in [5.74, 6) is -0.178. The summed E-state index contributed by atoms with van der Waals surface area (Å²) in [6.07, 6.45) is 0. The van der Waals surface area contributed by atoms with Crippen molar-refractivity contribution in [1.29, 1.82) is 0 Å². The van der Waals surface area contributed by atoms with Crippen LogP contribution in [0.1, 0.15) is 36.7 Å². The molecule has 0 aliphatic heterocycles. The molecule has 5 heteroatoms. The normalized spacial score (nSPS) is 11.1. The van der Waals surface area contributed by atoms with Gasteiger partial charge in [-0.25, -0.2) is 0 Å². The Labute approximate surface area is 147 Å². The summed E-state index contributed by atoms with van der Waals surface area (Å²) in [6, 6.07) is 13.4. The molecule has 0 saturated carbocycles. The van der Waals surface area contributed by atoms with Gasteiger partial charge in [-0.1, -0.05) is 39.0 Å². The van der Waals surface area contributed by atoms with E-state index < -0.39 is 0 Å². The predicted molar refractivity (Wildman–Crippen MR) is 98.1 cm³/mol. The molecule has 2 N–H and O–H groups in total. The molecule has 0 aromatic heterocycles. The second-order valence-corrected chi connectivity index (χ2v) is 7.71. The van der Waals surface area contributed by atoms with Gasteiger partial charge in [-0.3, -0.25) is 15.6 Å². The first kappa shape index (κ1) is 17.0. The van der Waals surface area contributed by atoms with Gasteiger partial charge in [-0.2, -0.15) is 0 Å². The van der Waals surface area contributed by atoms with Crippen LogP contribution in [0.15, 0.2) is 51.4 Å². The topological polar surface area (TPSA) is 41.1 Å². The maximum atomic E-state index is 12.2. The minimum absolute atomic E-state index is 0.0764. The van der Waals surface area contributed by atoms with Crippen LogP contribution in [-0.4, -0.2) is 5.91 Å². The SMILES string of the molecule is CC(C)(C)c1ccc(C(=O)NNc2c(Br)cccc2Br)cc1. The van der Waals surface area contributed by atoms with E-state index in [1.807, 2.05) is 42.5 Å². The van der Waals surface area contributed by atoms with Crippen LogP contribution in [0.2, 0.25) is 0 Å². The zero-order valence-electron chi connectivity index (χ0n) is 12.7. The van der Waals surface area contributed by atoms with Crippen LogP contribution in [0.3, 0.4) is 0 Å². The third kappa shape index (κ3) is 4.11. The fourth-order valence-electron chi connectivity index (χ4n) is 1.93. The van der Waals surface area contributed by atoms with E-state index in [-0.39, 0.29) is 11.3 Å². The molecule has 22 heavy (non-hydrogen) atoms. The summed E-state index contributed by atoms with van der Waals surface area (Å²) >= 11 is 6.88. The number of hydrazine groups is 1. The molecule has 1 amide bonds. The smallest absolute Gasteiger partial charge is 0.269 e. The van der Waals surface area contributed by atoms with Crippen LogP contribution >= 0.6 is 31.9 Å². The molecule has 2 rings (SSSR count). The van der Waals surface area contributed by atoms with Crippen LogP contribution in [0, 0.1) is 0 Å². The largest absolute Gasteiger partial charge is 0.296 e. The standard InChI is InChI=1S/C17H18Br2N2O/c1-17(2,3)12-9-7-11(8-10-12)16(22)21-20-15-13(18)5-4-6-14(15)19/h4-10,20H,1-3H3,(H,21,22). The van der Waals surface area contributed by atoms with Gasteiger partial charge >= 0.3 is 0 Å². The number of amides is 1. The second-order valence-electron chi connectivity index (χ2n) is 6.00. The Bertz CT molecular complexity index is 656. The summed E-state index contributed by atoms with van der Waals surface area (Å²) < 4.78 is 1.73. The highest BCUT2D eigenvalue weighted by atomic mass is 79.9. The average molecular weight is 426 g/mol. The van der Waals surface area contributed by atoms with Crippen molar-refractivity contribution >= 4 is 43.5 Å². The van der Waals surface area contributed by atoms with Gasteiger partial charge in [0.05, 0.1) is 5.69 Å². The maximum absolute atomic E-state index is 12.2. The molecular weight excluding hydrogens is 408 g/mol. The Morgan fingerprint density at radius 2 is 1.50 bits per heavy atom. The van der Waals surface area contributed by atoms with Gasteiger partial charge in [0.1, 0.15) is 0 Å². The lowest BCUT2D eigenvalue weighted by Gasteiger charge is -2.19. The van der Waals surface area contributed by atoms with Crippen molar-refractivity contribution in [2.75, 3.05) is 5.43 Å². The maximum Gasteiger partial charge on any atom is 0.269 e. The van der Waals surface area contributed by atoms with Crippen molar-refractivity contribution in [3.05, 3.63) is 62.5 Å². The molecule has 0 aliphatic carbocycles. The quantitative estimate of drug-likeness (QED) is 0.658. The molecule has 0 unspecified atom stereocenters. The Morgan fingerprint density at radius 1 is 0.955 bits per heavy atom. The predicted octanol–water partition coefficient (Wildman–Crippen LogP) is 5.27. The van der Waals surface area contributed by atoms with Gasteiger partial charge in [-0.15, -0.1) is 0 Å². The molecule has 116 valence electrons. The van der Waals surface area contributed by atoms with Crippen molar-refractivity contribution in [2.24, 2.45) is 0 Å². The number of benzene rings is 2. The molecule has 0 saturated heterocycles. The van der Waals surface area contributed by atoms with Crippen LogP contribution in [0.25, 0.3) is 0 Å². The molecule has 2 aromatic carbocycles. The van der Waals surface area contributed by atoms with E-state index in [0.29, 0.717) is 5.56 Å². The van der Waals surface area contributed by atoms with E-state index in [1.165, 1.54) is 5.56 Å². The molecule has 0 bridgehead atoms. The van der Waals surface area contributed by atoms with Gasteiger partial charge < -0.3 is 0 Å². The molecule has 0 fully saturated rings. The highest BCUT2D eigenvalue weighted by Crippen LogP contribution is 2.29. The summed E-state index contributed by atoms with van der Waals surface area (Å²) in [6.45, 7) is 6.44. The van der Waals surface area contributed by atoms with E-state index in [1.54, 1.807) is 0 Å². The third-order valence-electron chi connectivity index (χ3n) is 3.28. The summed E-state index contributed by atoms with van der Waals surface area (Å²) in [5, 5.41) is 0. The van der Waals surface area contributed by atoms with E-state index in [0.717, 1.165) is 14.6 Å². The molecule has 0 heterocycles. The number of anilines is 1. The minimum atomic E-state index is -0.178. The van der Waals surface area contributed by atoms with Crippen LogP contribution in [-0.2, 0) is 5.41 Å². The number of carbonyl (C=O) groups excluding carboxylic acids is 1. The Kier molecular flexibility index (Phi) is 5.29. The average Bonchev–Trinajstić information content (AvgIpc) is 2.46. The number of carbonyl (C=O) groups is 1. The number of nitrogens with one attached hydrogen (secondary N) is 2. The monoisotopic (exact) mass is 424 g/mol. The fraction of sp³-hybridized carbons (Fsp3) is 0.235. The lowest BCUT2D eigenvalue weighted by molar-refractivity contribution is 0.0962. The van der Waals surface area contributed by atoms with E-state index in [9.17, 15) is 4.79 Å². The first-order valence-electron chi connectivity index (χ1n) is 6.90. The lowest BCUT2D eigenvalue weighted by atomic mass is 9.87. The van der Waals surface area contributed by atoms with E-state index in [2.05, 4.69) is 63.5 Å². The number of hydrogen-bond acceptors (Lipinski definition) is 2. The molecule has 3 nitrogen and oxygen atoms in total. The van der Waals surface area contributed by atoms with E-state index >= 15 is 0 Å². The van der Waals surface area contributed by atoms with Gasteiger partial charge in [0.25, 0.3) is 5.91 Å². The van der Waals surface area contributed by atoms with Crippen molar-refractivity contribution in [3.8, 4) is 0 Å². The zero-order chi connectivity index (χ0) is 16.3. The first-order chi connectivity index (χ1) is 10.3. The van der Waals surface area contributed by atoms with Crippen molar-refractivity contribution in [1.82, 2.24) is 5.43 Å². The Hall–Kier alpha value is -1.33. The Morgan fingerprint density at radius 3 is 2.00 bits per heavy atom. The Balaban J connectivity index is 2.07.